The molecule has 0 saturated heterocycles. The van der Waals surface area contributed by atoms with Crippen molar-refractivity contribution in [3.63, 3.8) is 0 Å². The number of carbonyl (C=O) groups excluding carboxylic acids is 1. The van der Waals surface area contributed by atoms with Gasteiger partial charge in [-0.15, -0.1) is 5.10 Å². The molecule has 2 atom stereocenters. The summed E-state index contributed by atoms with van der Waals surface area (Å²) in [4.78, 5) is 28.8. The number of nitrogens with zero attached hydrogens (tertiary/aromatic N) is 6. The van der Waals surface area contributed by atoms with Crippen LogP contribution in [0.4, 0.5) is 5.69 Å². The van der Waals surface area contributed by atoms with Crippen LogP contribution in [-0.2, 0) is 29.9 Å². The van der Waals surface area contributed by atoms with Gasteiger partial charge in [0.2, 0.25) is 0 Å². The van der Waals surface area contributed by atoms with Crippen LogP contribution in [0.25, 0.3) is 16.5 Å². The largest absolute Gasteiger partial charge is 0.396 e. The number of halogens is 1. The summed E-state index contributed by atoms with van der Waals surface area (Å²) in [6.45, 7) is 2.62. The van der Waals surface area contributed by atoms with Gasteiger partial charge < -0.3 is 15.1 Å². The van der Waals surface area contributed by atoms with Crippen LogP contribution in [-0.4, -0.2) is 47.5 Å². The molecule has 224 valence electrons. The van der Waals surface area contributed by atoms with Crippen molar-refractivity contribution < 1.29 is 15.0 Å². The summed E-state index contributed by atoms with van der Waals surface area (Å²) in [5, 5.41) is 34.9. The molecule has 44 heavy (non-hydrogen) atoms. The summed E-state index contributed by atoms with van der Waals surface area (Å²) in [6, 6.07) is 20.2. The van der Waals surface area contributed by atoms with E-state index in [-0.39, 0.29) is 18.7 Å². The molecule has 0 bridgehead atoms. The number of allylic oxidation sites excluding steroid dienone is 1. The zero-order valence-corrected chi connectivity index (χ0v) is 25.6. The van der Waals surface area contributed by atoms with Crippen LogP contribution >= 0.6 is 15.9 Å². The molecule has 6 rings (SSSR count). The number of anilines is 1. The number of carbonyl (C=O) groups is 1. The quantitative estimate of drug-likeness (QED) is 0.215. The van der Waals surface area contributed by atoms with E-state index in [2.05, 4.69) is 31.3 Å². The van der Waals surface area contributed by atoms with Crippen molar-refractivity contribution in [3.05, 3.63) is 123 Å². The molecule has 10 nitrogen and oxygen atoms in total. The fourth-order valence-corrected chi connectivity index (χ4v) is 6.00. The summed E-state index contributed by atoms with van der Waals surface area (Å²) in [5.41, 5.74) is 1.26. The van der Waals surface area contributed by atoms with E-state index >= 15 is 0 Å². The lowest BCUT2D eigenvalue weighted by Gasteiger charge is -2.28. The molecule has 3 aromatic carbocycles. The molecule has 3 heterocycles. The van der Waals surface area contributed by atoms with Gasteiger partial charge in [-0.25, -0.2) is 0 Å². The smallest absolute Gasteiger partial charge is 0.279 e. The standard InChI is InChI=1S/C33H31BrN6O4/c1-22(7-4-5-15-38-21-26(14-16-41)36-37-38)33(44)29-18-25(34)12-13-30(29)39(32(33)43)20-23-8-6-10-27(17-23)40-31(42)28-11-3-2-9-24(28)19-35-40/h2-4,6-13,17-19,21-22,41,44H,5,14-16,20H2,1H3/b7-4+/t22-,33+/m1/s1. The van der Waals surface area contributed by atoms with Gasteiger partial charge in [0.1, 0.15) is 0 Å². The van der Waals surface area contributed by atoms with Crippen molar-refractivity contribution >= 4 is 38.3 Å². The van der Waals surface area contributed by atoms with Gasteiger partial charge in [0, 0.05) is 47.1 Å². The summed E-state index contributed by atoms with van der Waals surface area (Å²) in [5.74, 6) is -0.945. The Labute approximate surface area is 262 Å². The lowest BCUT2D eigenvalue weighted by Crippen LogP contribution is -2.44. The number of benzene rings is 3. The number of aliphatic hydroxyl groups excluding tert-OH is 1. The lowest BCUT2D eigenvalue weighted by molar-refractivity contribution is -0.139. The van der Waals surface area contributed by atoms with E-state index in [1.807, 2.05) is 67.6 Å². The molecule has 0 spiro atoms. The first-order chi connectivity index (χ1) is 21.3. The normalized spacial score (nSPS) is 17.1. The molecule has 0 fully saturated rings. The number of aliphatic hydroxyl groups is 2. The van der Waals surface area contributed by atoms with Gasteiger partial charge in [-0.3, -0.25) is 14.3 Å². The second kappa shape index (κ2) is 12.3. The van der Waals surface area contributed by atoms with Gasteiger partial charge in [-0.05, 0) is 48.4 Å². The highest BCUT2D eigenvalue weighted by atomic mass is 79.9. The Morgan fingerprint density at radius 3 is 2.75 bits per heavy atom. The number of hydrogen-bond donors (Lipinski definition) is 2. The molecule has 1 amide bonds. The number of hydrogen-bond acceptors (Lipinski definition) is 7. The number of rotatable bonds is 10. The minimum atomic E-state index is -1.77. The average Bonchev–Trinajstić information content (AvgIpc) is 3.56. The molecule has 1 aliphatic heterocycles. The molecule has 1 aliphatic rings. The fourth-order valence-electron chi connectivity index (χ4n) is 5.64. The SMILES string of the molecule is C[C@H](/C=C/CCn1cc(CCO)nn1)[C@@]1(O)C(=O)N(Cc2cccc(-n3ncc4ccccc4c3=O)c2)c2ccc(Br)cc21. The number of amides is 1. The molecule has 0 unspecified atom stereocenters. The average molecular weight is 656 g/mol. The fraction of sp³-hybridized carbons (Fsp3) is 0.242. The number of aromatic nitrogens is 5. The third kappa shape index (κ3) is 5.49. The van der Waals surface area contributed by atoms with Gasteiger partial charge in [-0.2, -0.15) is 9.78 Å². The maximum atomic E-state index is 14.0. The van der Waals surface area contributed by atoms with Crippen LogP contribution < -0.4 is 10.5 Å². The highest BCUT2D eigenvalue weighted by Crippen LogP contribution is 2.46. The predicted molar refractivity (Wildman–Crippen MR) is 170 cm³/mol. The predicted octanol–water partition coefficient (Wildman–Crippen LogP) is 4.29. The third-order valence-electron chi connectivity index (χ3n) is 7.99. The molecule has 0 saturated carbocycles. The van der Waals surface area contributed by atoms with E-state index in [1.54, 1.807) is 40.2 Å². The van der Waals surface area contributed by atoms with E-state index in [4.69, 9.17) is 5.11 Å². The van der Waals surface area contributed by atoms with Crippen molar-refractivity contribution in [1.29, 1.82) is 0 Å². The molecule has 0 radical (unpaired) electrons. The second-order valence-electron chi connectivity index (χ2n) is 10.9. The zero-order chi connectivity index (χ0) is 30.8. The Kier molecular flexibility index (Phi) is 8.26. The first-order valence-electron chi connectivity index (χ1n) is 14.4. The van der Waals surface area contributed by atoms with Crippen LogP contribution in [0.2, 0.25) is 0 Å². The minimum Gasteiger partial charge on any atom is -0.396 e. The highest BCUT2D eigenvalue weighted by molar-refractivity contribution is 9.10. The Morgan fingerprint density at radius 1 is 1.07 bits per heavy atom. The van der Waals surface area contributed by atoms with Crippen LogP contribution in [0, 0.1) is 5.92 Å². The topological polar surface area (TPSA) is 126 Å². The molecular weight excluding hydrogens is 624 g/mol. The van der Waals surface area contributed by atoms with E-state index < -0.39 is 17.4 Å². The first kappa shape index (κ1) is 29.6. The Bertz CT molecular complexity index is 1940. The first-order valence-corrected chi connectivity index (χ1v) is 15.2. The van der Waals surface area contributed by atoms with Crippen molar-refractivity contribution in [3.8, 4) is 5.69 Å². The van der Waals surface area contributed by atoms with Gasteiger partial charge in [0.15, 0.2) is 5.60 Å². The maximum Gasteiger partial charge on any atom is 0.279 e. The zero-order valence-electron chi connectivity index (χ0n) is 24.0. The monoisotopic (exact) mass is 654 g/mol. The lowest BCUT2D eigenvalue weighted by atomic mass is 9.83. The van der Waals surface area contributed by atoms with Gasteiger partial charge >= 0.3 is 0 Å². The summed E-state index contributed by atoms with van der Waals surface area (Å²) >= 11 is 3.50. The third-order valence-corrected chi connectivity index (χ3v) is 8.48. The Morgan fingerprint density at radius 2 is 1.91 bits per heavy atom. The van der Waals surface area contributed by atoms with Crippen LogP contribution in [0.3, 0.4) is 0 Å². The van der Waals surface area contributed by atoms with E-state index in [1.165, 1.54) is 4.68 Å². The molecule has 5 aromatic rings. The molecule has 2 N–H and O–H groups in total. The van der Waals surface area contributed by atoms with Gasteiger partial charge in [-0.1, -0.05) is 70.6 Å². The van der Waals surface area contributed by atoms with Crippen LogP contribution in [0.15, 0.2) is 101 Å². The maximum absolute atomic E-state index is 14.0. The highest BCUT2D eigenvalue weighted by Gasteiger charge is 2.52. The van der Waals surface area contributed by atoms with Crippen LogP contribution in [0.1, 0.15) is 30.2 Å². The molecule has 2 aromatic heterocycles. The summed E-state index contributed by atoms with van der Waals surface area (Å²) in [7, 11) is 0. The van der Waals surface area contributed by atoms with Crippen molar-refractivity contribution in [1.82, 2.24) is 24.8 Å². The summed E-state index contributed by atoms with van der Waals surface area (Å²) < 4.78 is 3.83. The van der Waals surface area contributed by atoms with Gasteiger partial charge in [0.05, 0.1) is 35.2 Å². The van der Waals surface area contributed by atoms with Gasteiger partial charge in [0.25, 0.3) is 11.5 Å². The molecule has 0 aliphatic carbocycles. The molecular formula is C33H31BrN6O4. The van der Waals surface area contributed by atoms with Crippen molar-refractivity contribution in [2.45, 2.75) is 38.5 Å². The van der Waals surface area contributed by atoms with E-state index in [0.29, 0.717) is 41.7 Å². The van der Waals surface area contributed by atoms with Crippen molar-refractivity contribution in [2.24, 2.45) is 5.92 Å². The Hall–Kier alpha value is -4.45. The molecule has 11 heteroatoms. The van der Waals surface area contributed by atoms with E-state index in [0.717, 1.165) is 21.1 Å². The van der Waals surface area contributed by atoms with E-state index in [9.17, 15) is 14.7 Å². The number of fused-ring (bicyclic) bond motifs is 2. The minimum absolute atomic E-state index is 0.0183. The second-order valence-corrected chi connectivity index (χ2v) is 11.8. The van der Waals surface area contributed by atoms with Crippen LogP contribution in [0.5, 0.6) is 0 Å². The van der Waals surface area contributed by atoms with Crippen molar-refractivity contribution in [2.75, 3.05) is 11.5 Å². The Balaban J connectivity index is 1.24. The summed E-state index contributed by atoms with van der Waals surface area (Å²) in [6.07, 6.45) is 8.33. The number of aryl methyl sites for hydroxylation is 1.